The fourth-order valence-electron chi connectivity index (χ4n) is 3.89. The van der Waals surface area contributed by atoms with Crippen molar-refractivity contribution >= 4 is 27.7 Å². The van der Waals surface area contributed by atoms with Crippen LogP contribution in [0.15, 0.2) is 53.3 Å². The molecule has 7 nitrogen and oxygen atoms in total. The van der Waals surface area contributed by atoms with Gasteiger partial charge in [-0.1, -0.05) is 24.3 Å². The summed E-state index contributed by atoms with van der Waals surface area (Å²) in [6, 6.07) is 14.9. The number of ether oxygens (including phenoxy) is 2. The van der Waals surface area contributed by atoms with E-state index < -0.39 is 0 Å². The molecule has 3 heterocycles. The fraction of sp³-hybridized carbons (Fsp3) is 0.182. The second-order valence-electron chi connectivity index (χ2n) is 7.10. The number of aryl methyl sites for hydroxylation is 2. The largest absolute Gasteiger partial charge is 0.454 e. The van der Waals surface area contributed by atoms with E-state index in [2.05, 4.69) is 5.32 Å². The van der Waals surface area contributed by atoms with Gasteiger partial charge in [0.15, 0.2) is 11.5 Å². The zero-order valence-corrected chi connectivity index (χ0v) is 16.1. The smallest absolute Gasteiger partial charge is 0.268 e. The van der Waals surface area contributed by atoms with E-state index in [1.807, 2.05) is 49.5 Å². The van der Waals surface area contributed by atoms with E-state index in [1.54, 1.807) is 22.2 Å². The first kappa shape index (κ1) is 17.4. The van der Waals surface area contributed by atoms with E-state index in [1.165, 1.54) is 0 Å². The zero-order chi connectivity index (χ0) is 20.1. The van der Waals surface area contributed by atoms with Gasteiger partial charge in [-0.3, -0.25) is 9.59 Å². The van der Waals surface area contributed by atoms with Gasteiger partial charge in [0.05, 0.1) is 16.4 Å². The lowest BCUT2D eigenvalue weighted by molar-refractivity contribution is 0.0943. The minimum Gasteiger partial charge on any atom is -0.454 e. The quantitative estimate of drug-likeness (QED) is 0.585. The molecule has 1 aliphatic rings. The zero-order valence-electron chi connectivity index (χ0n) is 16.1. The number of amides is 1. The minimum absolute atomic E-state index is 0.121. The molecule has 1 N–H and O–H groups in total. The number of nitrogens with zero attached hydrogens (tertiary/aromatic N) is 2. The van der Waals surface area contributed by atoms with Gasteiger partial charge in [-0.05, 0) is 29.8 Å². The van der Waals surface area contributed by atoms with Gasteiger partial charge in [-0.15, -0.1) is 0 Å². The van der Waals surface area contributed by atoms with E-state index in [-0.39, 0.29) is 18.3 Å². The van der Waals surface area contributed by atoms with Crippen molar-refractivity contribution in [1.82, 2.24) is 14.5 Å². The summed E-state index contributed by atoms with van der Waals surface area (Å²) in [5.74, 6) is 1.14. The molecule has 1 amide bonds. The van der Waals surface area contributed by atoms with Gasteiger partial charge in [-0.2, -0.15) is 0 Å². The van der Waals surface area contributed by atoms with Gasteiger partial charge < -0.3 is 23.9 Å². The van der Waals surface area contributed by atoms with Crippen molar-refractivity contribution < 1.29 is 14.3 Å². The maximum atomic E-state index is 12.9. The van der Waals surface area contributed by atoms with Gasteiger partial charge in [0, 0.05) is 26.0 Å². The van der Waals surface area contributed by atoms with Crippen LogP contribution >= 0.6 is 0 Å². The number of rotatable bonds is 3. The molecule has 2 aromatic heterocycles. The van der Waals surface area contributed by atoms with Crippen LogP contribution in [-0.4, -0.2) is 21.8 Å². The monoisotopic (exact) mass is 389 g/mol. The number of carbonyl (C=O) groups is 1. The molecule has 0 radical (unpaired) electrons. The molecule has 0 aliphatic carbocycles. The Balaban J connectivity index is 1.51. The third kappa shape index (κ3) is 2.66. The molecule has 146 valence electrons. The summed E-state index contributed by atoms with van der Waals surface area (Å²) < 4.78 is 14.1. The van der Waals surface area contributed by atoms with Crippen LogP contribution in [-0.2, 0) is 20.6 Å². The number of aromatic nitrogens is 2. The summed E-state index contributed by atoms with van der Waals surface area (Å²) in [6.45, 7) is 0.555. The molecule has 7 heteroatoms. The predicted molar refractivity (Wildman–Crippen MR) is 109 cm³/mol. The van der Waals surface area contributed by atoms with E-state index in [0.29, 0.717) is 29.1 Å². The van der Waals surface area contributed by atoms with Gasteiger partial charge in [0.25, 0.3) is 11.5 Å². The first-order valence-electron chi connectivity index (χ1n) is 9.28. The molecule has 0 saturated heterocycles. The molecule has 4 aromatic rings. The van der Waals surface area contributed by atoms with E-state index in [0.717, 1.165) is 22.0 Å². The third-order valence-corrected chi connectivity index (χ3v) is 5.41. The van der Waals surface area contributed by atoms with Crippen molar-refractivity contribution in [3.63, 3.8) is 0 Å². The van der Waals surface area contributed by atoms with Crippen LogP contribution in [0.1, 0.15) is 16.1 Å². The second-order valence-corrected chi connectivity index (χ2v) is 7.10. The van der Waals surface area contributed by atoms with Crippen molar-refractivity contribution in [3.8, 4) is 11.5 Å². The molecular weight excluding hydrogens is 370 g/mol. The Labute approximate surface area is 166 Å². The van der Waals surface area contributed by atoms with Gasteiger partial charge in [0.1, 0.15) is 5.69 Å². The van der Waals surface area contributed by atoms with Crippen LogP contribution in [0.2, 0.25) is 0 Å². The molecule has 29 heavy (non-hydrogen) atoms. The summed E-state index contributed by atoms with van der Waals surface area (Å²) in [5.41, 5.74) is 2.82. The number of fused-ring (bicyclic) bond motifs is 4. The van der Waals surface area contributed by atoms with Gasteiger partial charge in [-0.25, -0.2) is 0 Å². The van der Waals surface area contributed by atoms with Crippen molar-refractivity contribution in [2.24, 2.45) is 14.1 Å². The molecule has 0 atom stereocenters. The molecule has 0 bridgehead atoms. The number of para-hydroxylation sites is 1. The van der Waals surface area contributed by atoms with Crippen molar-refractivity contribution in [3.05, 3.63) is 70.1 Å². The highest BCUT2D eigenvalue weighted by molar-refractivity contribution is 6.08. The normalized spacial score (nSPS) is 12.6. The Hall–Kier alpha value is -3.74. The molecule has 5 rings (SSSR count). The number of pyridine rings is 1. The molecule has 1 aliphatic heterocycles. The van der Waals surface area contributed by atoms with Crippen molar-refractivity contribution in [1.29, 1.82) is 0 Å². The summed E-state index contributed by atoms with van der Waals surface area (Å²) in [6.07, 6.45) is 0. The van der Waals surface area contributed by atoms with Gasteiger partial charge in [0.2, 0.25) is 6.79 Å². The van der Waals surface area contributed by atoms with Crippen LogP contribution in [0.5, 0.6) is 11.5 Å². The summed E-state index contributed by atoms with van der Waals surface area (Å²) in [4.78, 5) is 25.7. The number of benzene rings is 2. The van der Waals surface area contributed by atoms with Gasteiger partial charge >= 0.3 is 0 Å². The maximum Gasteiger partial charge on any atom is 0.268 e. The molecule has 0 unspecified atom stereocenters. The fourth-order valence-corrected chi connectivity index (χ4v) is 3.89. The van der Waals surface area contributed by atoms with Crippen LogP contribution in [0.25, 0.3) is 21.8 Å². The van der Waals surface area contributed by atoms with E-state index >= 15 is 0 Å². The topological polar surface area (TPSA) is 74.5 Å². The third-order valence-electron chi connectivity index (χ3n) is 5.41. The lowest BCUT2D eigenvalue weighted by atomic mass is 10.1. The number of nitrogens with one attached hydrogen (secondary N) is 1. The van der Waals surface area contributed by atoms with Crippen molar-refractivity contribution in [2.75, 3.05) is 6.79 Å². The Bertz CT molecular complexity index is 1350. The first-order valence-corrected chi connectivity index (χ1v) is 9.28. The maximum absolute atomic E-state index is 12.9. The highest BCUT2D eigenvalue weighted by Gasteiger charge is 2.19. The van der Waals surface area contributed by atoms with Crippen LogP contribution in [0.4, 0.5) is 0 Å². The predicted octanol–water partition coefficient (Wildman–Crippen LogP) is 2.69. The molecule has 0 saturated carbocycles. The first-order chi connectivity index (χ1) is 14.0. The average molecular weight is 389 g/mol. The van der Waals surface area contributed by atoms with Crippen LogP contribution in [0.3, 0.4) is 0 Å². The van der Waals surface area contributed by atoms with Crippen molar-refractivity contribution in [2.45, 2.75) is 6.54 Å². The number of hydrogen-bond donors (Lipinski definition) is 1. The minimum atomic E-state index is -0.243. The highest BCUT2D eigenvalue weighted by Crippen LogP contribution is 2.32. The molecule has 0 spiro atoms. The summed E-state index contributed by atoms with van der Waals surface area (Å²) >= 11 is 0. The Kier molecular flexibility index (Phi) is 3.84. The molecule has 2 aromatic carbocycles. The standard InChI is InChI=1S/C22H19N3O4/c1-24-17(21(26)23-11-13-7-8-18-19(9-13)29-12-28-18)10-15-20(24)14-5-3-4-6-16(14)25(2)22(15)27/h3-10H,11-12H2,1-2H3,(H,23,26). The second kappa shape index (κ2) is 6.41. The Morgan fingerprint density at radius 3 is 2.66 bits per heavy atom. The lowest BCUT2D eigenvalue weighted by Crippen LogP contribution is -2.24. The number of hydrogen-bond acceptors (Lipinski definition) is 4. The molecule has 0 fully saturated rings. The van der Waals surface area contributed by atoms with E-state index in [9.17, 15) is 9.59 Å². The Morgan fingerprint density at radius 2 is 1.79 bits per heavy atom. The van der Waals surface area contributed by atoms with Crippen LogP contribution in [0, 0.1) is 0 Å². The summed E-state index contributed by atoms with van der Waals surface area (Å²) in [7, 11) is 3.56. The lowest BCUT2D eigenvalue weighted by Gasteiger charge is -2.09. The van der Waals surface area contributed by atoms with E-state index in [4.69, 9.17) is 9.47 Å². The number of carbonyl (C=O) groups excluding carboxylic acids is 1. The molecular formula is C22H19N3O4. The summed E-state index contributed by atoms with van der Waals surface area (Å²) in [5, 5.41) is 4.39. The average Bonchev–Trinajstić information content (AvgIpc) is 3.34. The SMILES string of the molecule is Cn1c(C(=O)NCc2ccc3c(c2)OCO3)cc2c(=O)n(C)c3ccccc3c21. The van der Waals surface area contributed by atoms with Crippen LogP contribution < -0.4 is 20.3 Å². The highest BCUT2D eigenvalue weighted by atomic mass is 16.7. The Morgan fingerprint density at radius 1 is 1.00 bits per heavy atom.